The van der Waals surface area contributed by atoms with Crippen LogP contribution in [0.2, 0.25) is 0 Å². The number of anilines is 1. The molecule has 0 saturated carbocycles. The number of ether oxygens (including phenoxy) is 3. The van der Waals surface area contributed by atoms with Crippen LogP contribution in [0.1, 0.15) is 20.8 Å². The Balaban J connectivity index is 3.91. The molecule has 0 saturated heterocycles. The highest BCUT2D eigenvalue weighted by atomic mass is 31.2. The third kappa shape index (κ3) is 3.77. The second-order valence-electron chi connectivity index (χ2n) is 4.87. The van der Waals surface area contributed by atoms with E-state index in [-0.39, 0.29) is 25.6 Å². The standard InChI is InChI=1S/C13H24N3O8P/c1-4-22-12(9-17,25(19,20)21)13(23-5-2,24-6-3)16-8-7-10(14)15-11(16)18/h7-8,17H,4-6,9H2,1-3H3,(H2,14,15,18)(H2,19,20,21)/t12-/m0/s1. The van der Waals surface area contributed by atoms with Gasteiger partial charge in [-0.3, -0.25) is 4.57 Å². The molecule has 5 N–H and O–H groups in total. The molecule has 0 amide bonds. The molecule has 0 unspecified atom stereocenters. The van der Waals surface area contributed by atoms with E-state index in [1.165, 1.54) is 26.8 Å². The third-order valence-corrected chi connectivity index (χ3v) is 4.88. The quantitative estimate of drug-likeness (QED) is 0.304. The summed E-state index contributed by atoms with van der Waals surface area (Å²) >= 11 is 0. The fourth-order valence-corrected chi connectivity index (χ4v) is 3.55. The summed E-state index contributed by atoms with van der Waals surface area (Å²) in [5.41, 5.74) is 4.47. The number of hydrogen-bond donors (Lipinski definition) is 4. The molecule has 0 aromatic carbocycles. The highest BCUT2D eigenvalue weighted by molar-refractivity contribution is 7.53. The van der Waals surface area contributed by atoms with Crippen LogP contribution in [-0.2, 0) is 24.7 Å². The van der Waals surface area contributed by atoms with E-state index in [4.69, 9.17) is 19.9 Å². The Morgan fingerprint density at radius 2 is 1.72 bits per heavy atom. The Morgan fingerprint density at radius 3 is 2.08 bits per heavy atom. The Hall–Kier alpha value is -1.33. The molecule has 0 radical (unpaired) electrons. The molecule has 0 aliphatic carbocycles. The molecule has 12 heteroatoms. The summed E-state index contributed by atoms with van der Waals surface area (Å²) in [6.45, 7) is 2.88. The van der Waals surface area contributed by atoms with E-state index >= 15 is 0 Å². The highest BCUT2D eigenvalue weighted by Crippen LogP contribution is 2.59. The average Bonchev–Trinajstić information content (AvgIpc) is 2.51. The van der Waals surface area contributed by atoms with Crippen molar-refractivity contribution in [2.45, 2.75) is 32.0 Å². The zero-order valence-corrected chi connectivity index (χ0v) is 15.2. The van der Waals surface area contributed by atoms with Gasteiger partial charge >= 0.3 is 19.2 Å². The monoisotopic (exact) mass is 381 g/mol. The van der Waals surface area contributed by atoms with Crippen LogP contribution in [0.4, 0.5) is 5.82 Å². The number of nitrogens with zero attached hydrogens (tertiary/aromatic N) is 2. The molecule has 0 spiro atoms. The first-order valence-corrected chi connectivity index (χ1v) is 9.21. The predicted molar refractivity (Wildman–Crippen MR) is 87.6 cm³/mol. The van der Waals surface area contributed by atoms with Crippen molar-refractivity contribution in [3.8, 4) is 0 Å². The van der Waals surface area contributed by atoms with E-state index in [2.05, 4.69) is 4.98 Å². The van der Waals surface area contributed by atoms with E-state index in [1.807, 2.05) is 0 Å². The van der Waals surface area contributed by atoms with Crippen molar-refractivity contribution in [3.63, 3.8) is 0 Å². The van der Waals surface area contributed by atoms with Crippen LogP contribution < -0.4 is 11.4 Å². The number of aliphatic hydroxyl groups is 1. The maximum absolute atomic E-state index is 12.4. The van der Waals surface area contributed by atoms with Gasteiger partial charge in [0, 0.05) is 26.0 Å². The fraction of sp³-hybridized carbons (Fsp3) is 0.692. The van der Waals surface area contributed by atoms with Gasteiger partial charge in [0.1, 0.15) is 5.82 Å². The Morgan fingerprint density at radius 1 is 1.20 bits per heavy atom. The fourth-order valence-electron chi connectivity index (χ4n) is 2.46. The number of aliphatic hydroxyl groups excluding tert-OH is 1. The molecule has 0 aliphatic rings. The highest BCUT2D eigenvalue weighted by Gasteiger charge is 2.68. The van der Waals surface area contributed by atoms with Gasteiger partial charge < -0.3 is 34.8 Å². The van der Waals surface area contributed by atoms with E-state index in [0.29, 0.717) is 4.57 Å². The topological polar surface area (TPSA) is 166 Å². The van der Waals surface area contributed by atoms with Crippen LogP contribution in [0.25, 0.3) is 0 Å². The van der Waals surface area contributed by atoms with Crippen LogP contribution in [0.5, 0.6) is 0 Å². The van der Waals surface area contributed by atoms with Crippen LogP contribution in [0, 0.1) is 0 Å². The molecule has 11 nitrogen and oxygen atoms in total. The summed E-state index contributed by atoms with van der Waals surface area (Å²) in [7, 11) is -5.24. The smallest absolute Gasteiger partial charge is 0.367 e. The summed E-state index contributed by atoms with van der Waals surface area (Å²) in [5, 5.41) is 7.20. The van der Waals surface area contributed by atoms with Gasteiger partial charge in [0.25, 0.3) is 5.34 Å². The molecular weight excluding hydrogens is 357 g/mol. The minimum atomic E-state index is -5.24. The lowest BCUT2D eigenvalue weighted by Gasteiger charge is -2.47. The Bertz CT molecular complexity index is 669. The SMILES string of the molecule is CCOC(OCC)(n1ccc(N)nc1=O)[C@@](CO)(OCC)P(=O)(O)O. The lowest BCUT2D eigenvalue weighted by atomic mass is 10.2. The van der Waals surface area contributed by atoms with Crippen molar-refractivity contribution >= 4 is 13.4 Å². The van der Waals surface area contributed by atoms with Crippen LogP contribution in [0.15, 0.2) is 17.1 Å². The van der Waals surface area contributed by atoms with Crippen molar-refractivity contribution in [2.24, 2.45) is 0 Å². The minimum absolute atomic E-state index is 0.106. The van der Waals surface area contributed by atoms with Gasteiger partial charge in [0.2, 0.25) is 0 Å². The molecule has 1 heterocycles. The van der Waals surface area contributed by atoms with Gasteiger partial charge in [-0.05, 0) is 26.8 Å². The first-order chi connectivity index (χ1) is 11.7. The van der Waals surface area contributed by atoms with Gasteiger partial charge in [-0.15, -0.1) is 0 Å². The van der Waals surface area contributed by atoms with Crippen LogP contribution in [-0.4, -0.2) is 56.2 Å². The van der Waals surface area contributed by atoms with Gasteiger partial charge in [0.05, 0.1) is 6.61 Å². The van der Waals surface area contributed by atoms with E-state index < -0.39 is 31.1 Å². The van der Waals surface area contributed by atoms with Crippen molar-refractivity contribution in [3.05, 3.63) is 22.7 Å². The van der Waals surface area contributed by atoms with E-state index in [0.717, 1.165) is 6.20 Å². The van der Waals surface area contributed by atoms with Gasteiger partial charge in [-0.2, -0.15) is 4.98 Å². The first-order valence-electron chi connectivity index (χ1n) is 7.59. The minimum Gasteiger partial charge on any atom is -0.392 e. The molecule has 1 rings (SSSR count). The predicted octanol–water partition coefficient (Wildman–Crippen LogP) is -0.588. The zero-order chi connectivity index (χ0) is 19.3. The van der Waals surface area contributed by atoms with Crippen LogP contribution in [0.3, 0.4) is 0 Å². The second kappa shape index (κ2) is 8.37. The van der Waals surface area contributed by atoms with Gasteiger partial charge in [-0.25, -0.2) is 9.36 Å². The number of hydrogen-bond acceptors (Lipinski definition) is 8. The number of rotatable bonds is 10. The molecule has 1 atom stereocenters. The maximum atomic E-state index is 12.4. The van der Waals surface area contributed by atoms with Crippen molar-refractivity contribution in [2.75, 3.05) is 32.2 Å². The molecule has 0 fully saturated rings. The normalized spacial score (nSPS) is 15.1. The zero-order valence-electron chi connectivity index (χ0n) is 14.3. The molecule has 1 aromatic rings. The summed E-state index contributed by atoms with van der Waals surface area (Å²) in [6.07, 6.45) is 1.11. The molecule has 25 heavy (non-hydrogen) atoms. The largest absolute Gasteiger partial charge is 0.392 e. The molecule has 1 aromatic heterocycles. The van der Waals surface area contributed by atoms with Crippen LogP contribution >= 0.6 is 7.60 Å². The van der Waals surface area contributed by atoms with E-state index in [9.17, 15) is 24.3 Å². The van der Waals surface area contributed by atoms with Crippen molar-refractivity contribution in [1.82, 2.24) is 9.55 Å². The van der Waals surface area contributed by atoms with Gasteiger partial charge in [0.15, 0.2) is 0 Å². The number of nitrogens with two attached hydrogens (primary N) is 1. The molecule has 144 valence electrons. The van der Waals surface area contributed by atoms with Crippen molar-refractivity contribution in [1.29, 1.82) is 0 Å². The lowest BCUT2D eigenvalue weighted by Crippen LogP contribution is -2.64. The molecule has 0 aliphatic heterocycles. The Kier molecular flexibility index (Phi) is 7.27. The second-order valence-corrected chi connectivity index (χ2v) is 6.68. The van der Waals surface area contributed by atoms with Gasteiger partial charge in [-0.1, -0.05) is 0 Å². The molecular formula is C13H24N3O8P. The van der Waals surface area contributed by atoms with Crippen molar-refractivity contribution < 1.29 is 33.7 Å². The number of nitrogen functional groups attached to an aromatic ring is 1. The molecule has 0 bridgehead atoms. The van der Waals surface area contributed by atoms with E-state index in [1.54, 1.807) is 0 Å². The summed E-state index contributed by atoms with van der Waals surface area (Å²) in [5.74, 6) is -2.58. The summed E-state index contributed by atoms with van der Waals surface area (Å²) in [6, 6.07) is 1.22. The third-order valence-electron chi connectivity index (χ3n) is 3.38. The summed E-state index contributed by atoms with van der Waals surface area (Å²) < 4.78 is 29.3. The average molecular weight is 381 g/mol. The first kappa shape index (κ1) is 21.7. The summed E-state index contributed by atoms with van der Waals surface area (Å²) in [4.78, 5) is 35.8. The number of aromatic nitrogens is 2. The lowest BCUT2D eigenvalue weighted by molar-refractivity contribution is -0.365. The maximum Gasteiger partial charge on any atom is 0.367 e. The Labute approximate surface area is 144 Å².